The molecule has 3 atom stereocenters. The van der Waals surface area contributed by atoms with Crippen LogP contribution in [0.4, 0.5) is 0 Å². The van der Waals surface area contributed by atoms with E-state index in [0.29, 0.717) is 17.6 Å². The van der Waals surface area contributed by atoms with E-state index in [-0.39, 0.29) is 28.5 Å². The number of hydrogen-bond donors (Lipinski definition) is 3. The third kappa shape index (κ3) is 2.55. The molecule has 0 amide bonds. The topological polar surface area (TPSA) is 71.0 Å². The Morgan fingerprint density at radius 1 is 1.13 bits per heavy atom. The van der Waals surface area contributed by atoms with E-state index in [0.717, 1.165) is 51.1 Å². The van der Waals surface area contributed by atoms with E-state index in [9.17, 15) is 10.2 Å². The van der Waals surface area contributed by atoms with Gasteiger partial charge in [0.1, 0.15) is 6.10 Å². The number of halogens is 1. The summed E-state index contributed by atoms with van der Waals surface area (Å²) in [6.45, 7) is 3.37. The van der Waals surface area contributed by atoms with Crippen molar-refractivity contribution in [3.05, 3.63) is 16.7 Å². The lowest BCUT2D eigenvalue weighted by molar-refractivity contribution is -0.0266. The third-order valence-corrected chi connectivity index (χ3v) is 5.84. The number of ether oxygens (including phenoxy) is 2. The molecular formula is C17H22ClNO4. The smallest absolute Gasteiger partial charge is 0.202 e. The number of nitrogens with one attached hydrogen (secondary N) is 1. The number of phenolic OH excluding ortho intramolecular Hbond substituents is 2. The molecule has 1 aromatic carbocycles. The average molecular weight is 340 g/mol. The van der Waals surface area contributed by atoms with Crippen molar-refractivity contribution in [2.24, 2.45) is 11.8 Å². The van der Waals surface area contributed by atoms with Crippen LogP contribution in [0.3, 0.4) is 0 Å². The molecule has 126 valence electrons. The van der Waals surface area contributed by atoms with Gasteiger partial charge in [0.25, 0.3) is 0 Å². The van der Waals surface area contributed by atoms with Crippen LogP contribution < -0.4 is 10.1 Å². The Bertz CT molecular complexity index is 603. The molecule has 0 aliphatic carbocycles. The third-order valence-electron chi connectivity index (χ3n) is 5.55. The van der Waals surface area contributed by atoms with Crippen LogP contribution in [-0.2, 0) is 4.74 Å². The van der Waals surface area contributed by atoms with Crippen LogP contribution in [0.1, 0.15) is 30.7 Å². The lowest BCUT2D eigenvalue weighted by atomic mass is 9.71. The highest BCUT2D eigenvalue weighted by atomic mass is 35.5. The van der Waals surface area contributed by atoms with E-state index in [4.69, 9.17) is 21.1 Å². The molecule has 6 heteroatoms. The lowest BCUT2D eigenvalue weighted by Gasteiger charge is -2.46. The maximum Gasteiger partial charge on any atom is 0.202 e. The zero-order chi connectivity index (χ0) is 16.0. The van der Waals surface area contributed by atoms with E-state index in [1.165, 1.54) is 0 Å². The molecule has 0 saturated carbocycles. The van der Waals surface area contributed by atoms with Gasteiger partial charge in [-0.15, -0.1) is 0 Å². The first-order valence-electron chi connectivity index (χ1n) is 8.36. The maximum atomic E-state index is 10.3. The molecule has 2 saturated heterocycles. The second-order valence-electron chi connectivity index (χ2n) is 6.77. The van der Waals surface area contributed by atoms with Crippen molar-refractivity contribution in [3.63, 3.8) is 0 Å². The molecule has 5 nitrogen and oxygen atoms in total. The molecule has 0 spiro atoms. The van der Waals surface area contributed by atoms with E-state index in [1.807, 2.05) is 0 Å². The standard InChI is InChI=1S/C17H22ClNO4/c18-13-7-11-12-8-19-4-1-10(12)16(9-2-5-22-6-3-9)23-17(11)15(21)14(13)20/h7,9-10,12,16,19-21H,1-6,8H2. The van der Waals surface area contributed by atoms with Gasteiger partial charge in [0.2, 0.25) is 5.75 Å². The van der Waals surface area contributed by atoms with Crippen molar-refractivity contribution < 1.29 is 19.7 Å². The van der Waals surface area contributed by atoms with Crippen LogP contribution in [-0.4, -0.2) is 42.6 Å². The van der Waals surface area contributed by atoms with Crippen molar-refractivity contribution in [2.75, 3.05) is 26.3 Å². The van der Waals surface area contributed by atoms with Crippen molar-refractivity contribution in [1.82, 2.24) is 5.32 Å². The second-order valence-corrected chi connectivity index (χ2v) is 7.18. The summed E-state index contributed by atoms with van der Waals surface area (Å²) in [6, 6.07) is 1.75. The minimum atomic E-state index is -0.293. The van der Waals surface area contributed by atoms with Crippen LogP contribution in [0.5, 0.6) is 17.2 Å². The molecule has 23 heavy (non-hydrogen) atoms. The molecule has 0 aromatic heterocycles. The van der Waals surface area contributed by atoms with Gasteiger partial charge in [-0.2, -0.15) is 0 Å². The molecule has 2 fully saturated rings. The van der Waals surface area contributed by atoms with Crippen LogP contribution in [0.15, 0.2) is 6.07 Å². The first-order valence-corrected chi connectivity index (χ1v) is 8.74. The lowest BCUT2D eigenvalue weighted by Crippen LogP contribution is -2.49. The summed E-state index contributed by atoms with van der Waals surface area (Å²) in [6.07, 6.45) is 3.07. The highest BCUT2D eigenvalue weighted by Gasteiger charge is 2.45. The van der Waals surface area contributed by atoms with Crippen LogP contribution in [0.2, 0.25) is 5.02 Å². The molecule has 0 bridgehead atoms. The monoisotopic (exact) mass is 339 g/mol. The quantitative estimate of drug-likeness (QED) is 0.686. The SMILES string of the molecule is Oc1c(Cl)cc2c(c1O)OC(C1CCOCC1)C1CCNCC21. The van der Waals surface area contributed by atoms with Gasteiger partial charge < -0.3 is 25.0 Å². The Morgan fingerprint density at radius 3 is 2.70 bits per heavy atom. The van der Waals surface area contributed by atoms with Gasteiger partial charge in [-0.05, 0) is 31.9 Å². The van der Waals surface area contributed by atoms with Gasteiger partial charge >= 0.3 is 0 Å². The van der Waals surface area contributed by atoms with Crippen molar-refractivity contribution in [2.45, 2.75) is 31.3 Å². The van der Waals surface area contributed by atoms with Crippen LogP contribution in [0, 0.1) is 11.8 Å². The normalized spacial score (nSPS) is 31.1. The summed E-state index contributed by atoms with van der Waals surface area (Å²) < 4.78 is 11.7. The number of benzene rings is 1. The fourth-order valence-electron chi connectivity index (χ4n) is 4.35. The Kier molecular flexibility index (Phi) is 4.03. The number of fused-ring (bicyclic) bond motifs is 3. The van der Waals surface area contributed by atoms with Crippen LogP contribution in [0.25, 0.3) is 0 Å². The molecule has 1 aromatic rings. The van der Waals surface area contributed by atoms with Crippen molar-refractivity contribution in [3.8, 4) is 17.2 Å². The Morgan fingerprint density at radius 2 is 1.91 bits per heavy atom. The van der Waals surface area contributed by atoms with Crippen molar-refractivity contribution >= 4 is 11.6 Å². The molecule has 3 N–H and O–H groups in total. The number of aromatic hydroxyl groups is 2. The fourth-order valence-corrected chi connectivity index (χ4v) is 4.56. The summed E-state index contributed by atoms with van der Waals surface area (Å²) in [5, 5.41) is 23.9. The minimum absolute atomic E-state index is 0.0602. The minimum Gasteiger partial charge on any atom is -0.503 e. The zero-order valence-electron chi connectivity index (χ0n) is 12.9. The summed E-state index contributed by atoms with van der Waals surface area (Å²) in [4.78, 5) is 0. The predicted octanol–water partition coefficient (Wildman–Crippen LogP) is 2.63. The van der Waals surface area contributed by atoms with E-state index >= 15 is 0 Å². The highest BCUT2D eigenvalue weighted by Crippen LogP contribution is 2.53. The highest BCUT2D eigenvalue weighted by molar-refractivity contribution is 6.32. The van der Waals surface area contributed by atoms with Crippen LogP contribution >= 0.6 is 11.6 Å². The summed E-state index contributed by atoms with van der Waals surface area (Å²) in [7, 11) is 0. The fraction of sp³-hybridized carbons (Fsp3) is 0.647. The molecule has 3 heterocycles. The zero-order valence-corrected chi connectivity index (χ0v) is 13.7. The molecule has 0 radical (unpaired) electrons. The number of piperidine rings is 1. The maximum absolute atomic E-state index is 10.3. The summed E-state index contributed by atoms with van der Waals surface area (Å²) in [5.41, 5.74) is 0.908. The number of rotatable bonds is 1. The largest absolute Gasteiger partial charge is 0.503 e. The summed E-state index contributed by atoms with van der Waals surface area (Å²) >= 11 is 6.06. The first-order chi connectivity index (χ1) is 11.2. The van der Waals surface area contributed by atoms with Gasteiger partial charge in [0.15, 0.2) is 11.5 Å². The predicted molar refractivity (Wildman–Crippen MR) is 86.5 cm³/mol. The first kappa shape index (κ1) is 15.4. The van der Waals surface area contributed by atoms with Crippen molar-refractivity contribution in [1.29, 1.82) is 0 Å². The Labute approximate surface area is 140 Å². The number of hydrogen-bond acceptors (Lipinski definition) is 5. The second kappa shape index (κ2) is 6.04. The van der Waals surface area contributed by atoms with Gasteiger partial charge in [-0.25, -0.2) is 0 Å². The van der Waals surface area contributed by atoms with E-state index in [2.05, 4.69) is 5.32 Å². The van der Waals surface area contributed by atoms with Gasteiger partial charge in [0, 0.05) is 43.1 Å². The Hall–Kier alpha value is -1.17. The molecule has 3 aliphatic heterocycles. The van der Waals surface area contributed by atoms with E-state index < -0.39 is 0 Å². The molecular weight excluding hydrogens is 318 g/mol. The molecule has 3 aliphatic rings. The van der Waals surface area contributed by atoms with Gasteiger partial charge in [-0.3, -0.25) is 0 Å². The molecule has 4 rings (SSSR count). The molecule has 3 unspecified atom stereocenters. The number of phenols is 2. The Balaban J connectivity index is 1.75. The summed E-state index contributed by atoms with van der Waals surface area (Å²) in [5.74, 6) is 0.983. The van der Waals surface area contributed by atoms with Gasteiger partial charge in [0.05, 0.1) is 5.02 Å². The average Bonchev–Trinajstić information content (AvgIpc) is 2.60. The van der Waals surface area contributed by atoms with Gasteiger partial charge in [-0.1, -0.05) is 11.6 Å². The van der Waals surface area contributed by atoms with E-state index in [1.54, 1.807) is 6.07 Å².